The van der Waals surface area contributed by atoms with Gasteiger partial charge in [0, 0.05) is 38.0 Å². The van der Waals surface area contributed by atoms with E-state index in [9.17, 15) is 19.5 Å². The minimum Gasteiger partial charge on any atom is -0.459 e. The third kappa shape index (κ3) is 11.5. The molecule has 3 aliphatic carbocycles. The van der Waals surface area contributed by atoms with Gasteiger partial charge < -0.3 is 42.6 Å². The van der Waals surface area contributed by atoms with Crippen LogP contribution in [0.2, 0.25) is 54.4 Å². The fourth-order valence-electron chi connectivity index (χ4n) is 13.2. The number of Topliss-reactive ketones (excluding diaryl/α,β-unsaturated/α-hetero) is 1. The van der Waals surface area contributed by atoms with Crippen LogP contribution in [0.4, 0.5) is 0 Å². The van der Waals surface area contributed by atoms with E-state index in [1.165, 1.54) is 6.92 Å². The molecule has 2 aliphatic heterocycles. The molecule has 17 heteroatoms. The average molecular weight is 1110 g/mol. The zero-order valence-electron chi connectivity index (χ0n) is 49.1. The van der Waals surface area contributed by atoms with Crippen molar-refractivity contribution in [1.29, 1.82) is 0 Å². The van der Waals surface area contributed by atoms with E-state index in [-0.39, 0.29) is 49.0 Å². The number of hydrogen-bond donors (Lipinski definition) is 2. The smallest absolute Gasteiger partial charge is 0.337 e. The summed E-state index contributed by atoms with van der Waals surface area (Å²) in [6.07, 6.45) is -0.785. The zero-order valence-corrected chi connectivity index (χ0v) is 52.1. The lowest BCUT2D eigenvalue weighted by atomic mass is 9.44. The van der Waals surface area contributed by atoms with Gasteiger partial charge in [0.15, 0.2) is 42.4 Å². The van der Waals surface area contributed by atoms with Crippen molar-refractivity contribution in [3.63, 3.8) is 0 Å². The summed E-state index contributed by atoms with van der Waals surface area (Å²) in [6.45, 7) is 31.7. The molecule has 6 rings (SSSR count). The van der Waals surface area contributed by atoms with Gasteiger partial charge in [0.05, 0.1) is 30.1 Å². The fourth-order valence-corrected chi connectivity index (χ4v) is 20.1. The van der Waals surface area contributed by atoms with Crippen LogP contribution >= 0.6 is 0 Å². The molecule has 0 radical (unpaired) electrons. The van der Waals surface area contributed by atoms with E-state index < -0.39 is 113 Å². The normalized spacial score (nSPS) is 33.5. The molecule has 2 saturated carbocycles. The van der Waals surface area contributed by atoms with Gasteiger partial charge in [-0.2, -0.15) is 0 Å². The largest absolute Gasteiger partial charge is 0.459 e. The molecular weight excluding hydrogens is 1010 g/mol. The number of nitrogens with one attached hydrogen (secondary N) is 1. The number of rotatable bonds is 14. The third-order valence-electron chi connectivity index (χ3n) is 19.7. The topological polar surface area (TPSA) is 182 Å². The molecule has 11 atom stereocenters. The molecule has 1 saturated heterocycles. The quantitative estimate of drug-likeness (QED) is 0.0778. The molecule has 14 nitrogen and oxygen atoms in total. The van der Waals surface area contributed by atoms with Crippen LogP contribution in [0.25, 0.3) is 0 Å². The number of amides is 1. The predicted octanol–water partition coefficient (Wildman–Crippen LogP) is 11.5. The molecule has 3 fully saturated rings. The Morgan fingerprint density at radius 1 is 0.816 bits per heavy atom. The number of ketones is 1. The molecule has 426 valence electrons. The highest BCUT2D eigenvalue weighted by Gasteiger charge is 2.79. The second kappa shape index (κ2) is 23.8. The van der Waals surface area contributed by atoms with E-state index in [0.717, 1.165) is 18.1 Å². The molecule has 1 aromatic rings. The molecule has 3 bridgehead atoms. The Morgan fingerprint density at radius 2 is 1.38 bits per heavy atom. The monoisotopic (exact) mass is 1110 g/mol. The van der Waals surface area contributed by atoms with Crippen molar-refractivity contribution >= 4 is 54.6 Å². The Balaban J connectivity index is 1.72. The summed E-state index contributed by atoms with van der Waals surface area (Å²) in [7, 11) is -8.20. The maximum Gasteiger partial charge on any atom is 0.337 e. The molecule has 2 heterocycles. The second-order valence-electron chi connectivity index (χ2n) is 25.0. The Kier molecular flexibility index (Phi) is 19.4. The number of carbonyl (C=O) groups is 5. The first-order chi connectivity index (χ1) is 35.6. The van der Waals surface area contributed by atoms with Crippen molar-refractivity contribution in [1.82, 2.24) is 5.32 Å². The summed E-state index contributed by atoms with van der Waals surface area (Å²) >= 11 is 0. The first kappa shape index (κ1) is 61.9. The van der Waals surface area contributed by atoms with Gasteiger partial charge in [-0.25, -0.2) is 4.79 Å². The Hall–Kier alpha value is -3.30. The first-order valence-corrected chi connectivity index (χ1v) is 36.7. The van der Waals surface area contributed by atoms with Crippen LogP contribution in [0.3, 0.4) is 0 Å². The minimum atomic E-state index is -2.85. The molecule has 2 N–H and O–H groups in total. The van der Waals surface area contributed by atoms with E-state index in [1.54, 1.807) is 0 Å². The first-order valence-electron chi connectivity index (χ1n) is 28.8. The van der Waals surface area contributed by atoms with E-state index in [4.69, 9.17) is 32.2 Å². The van der Waals surface area contributed by atoms with Gasteiger partial charge in [0.2, 0.25) is 5.91 Å². The second-order valence-corrected chi connectivity index (χ2v) is 39.2. The van der Waals surface area contributed by atoms with Gasteiger partial charge in [-0.1, -0.05) is 119 Å². The fraction of sp³-hybridized carbons (Fsp3) is 0.746. The number of fused-ring (bicyclic) bond motifs is 6. The lowest BCUT2D eigenvalue weighted by Gasteiger charge is -2.68. The lowest BCUT2D eigenvalue weighted by molar-refractivity contribution is -0.346. The van der Waals surface area contributed by atoms with Crippen molar-refractivity contribution in [2.24, 2.45) is 16.7 Å². The summed E-state index contributed by atoms with van der Waals surface area (Å²) in [5.41, 5.74) is -5.09. The van der Waals surface area contributed by atoms with Crippen molar-refractivity contribution in [2.75, 3.05) is 6.61 Å². The van der Waals surface area contributed by atoms with Crippen molar-refractivity contribution in [3.05, 3.63) is 59.2 Å². The molecule has 0 unspecified atom stereocenters. The Labute approximate surface area is 458 Å². The molecule has 1 amide bonds. The zero-order chi connectivity index (χ0) is 56.5. The number of ether oxygens (including phenoxy) is 4. The van der Waals surface area contributed by atoms with Gasteiger partial charge in [0.1, 0.15) is 30.0 Å². The van der Waals surface area contributed by atoms with Crippen LogP contribution in [0, 0.1) is 16.7 Å². The van der Waals surface area contributed by atoms with Gasteiger partial charge >= 0.3 is 17.9 Å². The average Bonchev–Trinajstić information content (AvgIpc) is 3.41. The third-order valence-corrected chi connectivity index (χ3v) is 33.4. The highest BCUT2D eigenvalue weighted by molar-refractivity contribution is 6.74. The van der Waals surface area contributed by atoms with Crippen LogP contribution in [0.5, 0.6) is 0 Å². The van der Waals surface area contributed by atoms with Crippen LogP contribution in [0.15, 0.2) is 53.6 Å². The molecule has 1 aromatic carbocycles. The molecule has 76 heavy (non-hydrogen) atoms. The summed E-state index contributed by atoms with van der Waals surface area (Å²) in [6, 6.07) is 12.7. The van der Waals surface area contributed by atoms with Gasteiger partial charge in [-0.3, -0.25) is 19.2 Å². The van der Waals surface area contributed by atoms with Gasteiger partial charge in [0.25, 0.3) is 0 Å². The van der Waals surface area contributed by atoms with Crippen molar-refractivity contribution in [3.8, 4) is 0 Å². The number of allylic oxidation sites excluding steroid dienone is 2. The predicted molar refractivity (Wildman–Crippen MR) is 302 cm³/mol. The molecule has 5 aliphatic rings. The number of esters is 3. The Bertz CT molecular complexity index is 2310. The van der Waals surface area contributed by atoms with E-state index in [0.29, 0.717) is 60.5 Å². The van der Waals surface area contributed by atoms with Crippen LogP contribution in [0.1, 0.15) is 160 Å². The highest BCUT2D eigenvalue weighted by Crippen LogP contribution is 2.65. The maximum atomic E-state index is 17.2. The summed E-state index contributed by atoms with van der Waals surface area (Å²) in [5.74, 6) is -3.78. The minimum absolute atomic E-state index is 0.0219. The summed E-state index contributed by atoms with van der Waals surface area (Å²) in [5, 5.41) is 17.5. The lowest BCUT2D eigenvalue weighted by Crippen LogP contribution is -2.82. The maximum absolute atomic E-state index is 17.2. The van der Waals surface area contributed by atoms with E-state index >= 15 is 9.59 Å². The van der Waals surface area contributed by atoms with Crippen LogP contribution in [-0.2, 0) is 56.2 Å². The van der Waals surface area contributed by atoms with Crippen LogP contribution < -0.4 is 5.32 Å². The Morgan fingerprint density at radius 3 is 1.91 bits per heavy atom. The van der Waals surface area contributed by atoms with Crippen LogP contribution in [-0.4, -0.2) is 114 Å². The summed E-state index contributed by atoms with van der Waals surface area (Å²) in [4.78, 5) is 75.6. The number of aliphatic hydroxyl groups is 1. The van der Waals surface area contributed by atoms with E-state index in [1.807, 2.05) is 83.3 Å². The van der Waals surface area contributed by atoms with Crippen molar-refractivity contribution < 1.29 is 61.3 Å². The van der Waals surface area contributed by atoms with Gasteiger partial charge in [-0.05, 0) is 111 Å². The number of carbonyl (C=O) groups excluding carboxylic acids is 5. The standard InChI is InChI=1S/C59H95NO13Si3/c1-17-75(18-2,19-3)71-43-36-44-58(38-67-44,70-40(8)61)51-53-59(66)37-42(39(7)47(56(59,12)13)49(52(64)57(43,51)14)73-76(20-4,21-5)22-6)68-54(65)50(72-74(15,16)55(9,10)11)48(41-32-28-27-29-33-41)60-45(62)34-30-25-23-24-26-31-35-46(63)69-53/h23-24,27-29,32-33,42-44,48-51,53,66H,17-22,25-26,30-31,34-38H2,1-16H3,(H,60,62)/b24-23+/t42-,43-,44+,48-,49+,50+,51-,53-,57+,58-,59+/m0/s1. The molecule has 0 spiro atoms. The molecular formula is C59H95NO13Si3. The van der Waals surface area contributed by atoms with Crippen molar-refractivity contribution in [2.45, 2.75) is 257 Å². The SMILES string of the molecule is CC[Si](CC)(CC)O[C@H]1C(=O)[C@]2(C)[C@@H](O[Si](CC)(CC)CC)C[C@H]3OC[C@@]3(OC(C)=O)[C@H]2[C@@H]2OC(=O)CCC/C=C/CCCC(=O)N[C@@H](c3ccccc3)[C@@H](O[Si](C)(C)C(C)(C)C)C(=O)O[C@H]3C[C@]2(O)C(C)(C)C1=C3C. The highest BCUT2D eigenvalue weighted by atomic mass is 28.4. The number of benzene rings is 1. The van der Waals surface area contributed by atoms with E-state index in [2.05, 4.69) is 67.6 Å². The summed E-state index contributed by atoms with van der Waals surface area (Å²) < 4.78 is 49.2. The molecule has 0 aromatic heterocycles. The van der Waals surface area contributed by atoms with Gasteiger partial charge in [-0.15, -0.1) is 0 Å². The number of hydrogen-bond acceptors (Lipinski definition) is 13.